The summed E-state index contributed by atoms with van der Waals surface area (Å²) in [6.07, 6.45) is 3.48. The molecule has 5 heteroatoms. The normalized spacial score (nSPS) is 16.7. The molecule has 0 amide bonds. The molecule has 2 aromatic rings. The fraction of sp³-hybridized carbons (Fsp3) is 0.600. The lowest BCUT2D eigenvalue weighted by atomic mass is 9.74. The van der Waals surface area contributed by atoms with E-state index in [1.54, 1.807) is 0 Å². The predicted molar refractivity (Wildman–Crippen MR) is 120 cm³/mol. The minimum absolute atomic E-state index is 0.0134. The Morgan fingerprint density at radius 1 is 1.17 bits per heavy atom. The highest BCUT2D eigenvalue weighted by atomic mass is 16.5. The van der Waals surface area contributed by atoms with Crippen LogP contribution in [0.3, 0.4) is 0 Å². The summed E-state index contributed by atoms with van der Waals surface area (Å²) in [6.45, 7) is 13.7. The van der Waals surface area contributed by atoms with Crippen LogP contribution in [0.25, 0.3) is 0 Å². The number of likely N-dealkylation sites (tertiary alicyclic amines) is 1. The highest BCUT2D eigenvalue weighted by Crippen LogP contribution is 2.38. The second-order valence-electron chi connectivity index (χ2n) is 8.95. The third-order valence-corrected chi connectivity index (χ3v) is 6.60. The van der Waals surface area contributed by atoms with Gasteiger partial charge in [0.1, 0.15) is 0 Å². The molecular formula is C25H37N3O2. The second kappa shape index (κ2) is 9.78. The van der Waals surface area contributed by atoms with Gasteiger partial charge in [-0.1, -0.05) is 30.3 Å². The van der Waals surface area contributed by atoms with E-state index < -0.39 is 0 Å². The summed E-state index contributed by atoms with van der Waals surface area (Å²) in [4.78, 5) is 15.4. The topological polar surface area (TPSA) is 47.4 Å². The van der Waals surface area contributed by atoms with Crippen LogP contribution in [-0.4, -0.2) is 40.3 Å². The number of nitrogens with zero attached hydrogens (tertiary/aromatic N) is 3. The van der Waals surface area contributed by atoms with E-state index in [-0.39, 0.29) is 11.4 Å². The van der Waals surface area contributed by atoms with Crippen molar-refractivity contribution in [2.75, 3.05) is 19.7 Å². The van der Waals surface area contributed by atoms with Crippen molar-refractivity contribution in [1.82, 2.24) is 14.7 Å². The van der Waals surface area contributed by atoms with Crippen LogP contribution >= 0.6 is 0 Å². The van der Waals surface area contributed by atoms with Gasteiger partial charge >= 0.3 is 5.97 Å². The molecule has 0 aliphatic carbocycles. The molecule has 5 nitrogen and oxygen atoms in total. The Labute approximate surface area is 181 Å². The van der Waals surface area contributed by atoms with Gasteiger partial charge in [-0.15, -0.1) is 0 Å². The van der Waals surface area contributed by atoms with Crippen LogP contribution < -0.4 is 0 Å². The van der Waals surface area contributed by atoms with Crippen LogP contribution in [0.2, 0.25) is 0 Å². The number of hydrogen-bond donors (Lipinski definition) is 0. The maximum Gasteiger partial charge on any atom is 0.312 e. The van der Waals surface area contributed by atoms with Gasteiger partial charge in [-0.3, -0.25) is 14.4 Å². The van der Waals surface area contributed by atoms with Gasteiger partial charge in [0.15, 0.2) is 0 Å². The number of piperidine rings is 1. The summed E-state index contributed by atoms with van der Waals surface area (Å²) in [5.74, 6) is -0.0134. The van der Waals surface area contributed by atoms with Crippen molar-refractivity contribution in [2.24, 2.45) is 5.41 Å². The van der Waals surface area contributed by atoms with Crippen molar-refractivity contribution < 1.29 is 9.53 Å². The smallest absolute Gasteiger partial charge is 0.312 e. The average molecular weight is 412 g/mol. The summed E-state index contributed by atoms with van der Waals surface area (Å²) >= 11 is 0. The lowest BCUT2D eigenvalue weighted by molar-refractivity contribution is -0.159. The number of aromatic nitrogens is 2. The molecule has 164 valence electrons. The molecule has 1 aromatic carbocycles. The zero-order chi connectivity index (χ0) is 21.7. The average Bonchev–Trinajstić information content (AvgIpc) is 3.03. The Hall–Kier alpha value is -2.14. The molecule has 1 fully saturated rings. The first-order chi connectivity index (χ1) is 14.4. The van der Waals surface area contributed by atoms with Gasteiger partial charge in [0.2, 0.25) is 0 Å². The van der Waals surface area contributed by atoms with Gasteiger partial charge in [-0.25, -0.2) is 0 Å². The van der Waals surface area contributed by atoms with Crippen molar-refractivity contribution in [1.29, 1.82) is 0 Å². The molecule has 1 aliphatic heterocycles. The third kappa shape index (κ3) is 4.94. The molecule has 0 saturated carbocycles. The van der Waals surface area contributed by atoms with Gasteiger partial charge < -0.3 is 4.74 Å². The first-order valence-corrected chi connectivity index (χ1v) is 11.3. The predicted octanol–water partition coefficient (Wildman–Crippen LogP) is 4.86. The molecule has 0 N–H and O–H groups in total. The number of esters is 1. The summed E-state index contributed by atoms with van der Waals surface area (Å²) in [7, 11) is 0. The number of carbonyl (C=O) groups is 1. The van der Waals surface area contributed by atoms with Crippen LogP contribution in [0.5, 0.6) is 0 Å². The maximum atomic E-state index is 12.9. The zero-order valence-corrected chi connectivity index (χ0v) is 19.3. The third-order valence-electron chi connectivity index (χ3n) is 6.60. The highest BCUT2D eigenvalue weighted by molar-refractivity contribution is 5.77. The monoisotopic (exact) mass is 411 g/mol. The summed E-state index contributed by atoms with van der Waals surface area (Å²) in [5, 5.41) is 4.74. The SMILES string of the molecule is CCOC(=O)C1(CCc2ccccc2)CCN(Cc2c(C)nn(C(C)C)c2C)CC1. The van der Waals surface area contributed by atoms with Gasteiger partial charge in [-0.05, 0) is 79.0 Å². The molecule has 0 bridgehead atoms. The number of aryl methyl sites for hydroxylation is 2. The largest absolute Gasteiger partial charge is 0.466 e. The second-order valence-corrected chi connectivity index (χ2v) is 8.95. The molecule has 1 saturated heterocycles. The molecule has 2 heterocycles. The van der Waals surface area contributed by atoms with E-state index >= 15 is 0 Å². The van der Waals surface area contributed by atoms with Crippen LogP contribution in [0, 0.1) is 19.3 Å². The molecule has 30 heavy (non-hydrogen) atoms. The molecule has 0 unspecified atom stereocenters. The molecule has 0 spiro atoms. The minimum Gasteiger partial charge on any atom is -0.466 e. The lowest BCUT2D eigenvalue weighted by Crippen LogP contribution is -2.45. The molecule has 1 aliphatic rings. The van der Waals surface area contributed by atoms with Crippen molar-refractivity contribution in [2.45, 2.75) is 72.9 Å². The van der Waals surface area contributed by atoms with E-state index in [0.717, 1.165) is 51.0 Å². The number of ether oxygens (including phenoxy) is 1. The van der Waals surface area contributed by atoms with E-state index in [2.05, 4.69) is 61.5 Å². The summed E-state index contributed by atoms with van der Waals surface area (Å²) < 4.78 is 7.65. The maximum absolute atomic E-state index is 12.9. The number of rotatable bonds is 8. The molecule has 3 rings (SSSR count). The Kier molecular flexibility index (Phi) is 7.35. The van der Waals surface area contributed by atoms with E-state index in [4.69, 9.17) is 9.84 Å². The van der Waals surface area contributed by atoms with Crippen LogP contribution in [0.1, 0.15) is 68.6 Å². The molecular weight excluding hydrogens is 374 g/mol. The Morgan fingerprint density at radius 2 is 1.83 bits per heavy atom. The van der Waals surface area contributed by atoms with E-state index in [1.165, 1.54) is 16.8 Å². The summed E-state index contributed by atoms with van der Waals surface area (Å²) in [6, 6.07) is 10.8. The van der Waals surface area contributed by atoms with Crippen molar-refractivity contribution in [3.05, 3.63) is 52.8 Å². The number of carbonyl (C=O) groups excluding carboxylic acids is 1. The standard InChI is InChI=1S/C25H37N3O2/c1-6-30-24(29)25(13-12-22-10-8-7-9-11-22)14-16-27(17-15-25)18-23-20(4)26-28(19(2)3)21(23)5/h7-11,19H,6,12-18H2,1-5H3. The van der Waals surface area contributed by atoms with Gasteiger partial charge in [0, 0.05) is 23.8 Å². The zero-order valence-electron chi connectivity index (χ0n) is 19.3. The van der Waals surface area contributed by atoms with Crippen molar-refractivity contribution >= 4 is 5.97 Å². The van der Waals surface area contributed by atoms with Crippen molar-refractivity contribution in [3.63, 3.8) is 0 Å². The summed E-state index contributed by atoms with van der Waals surface area (Å²) in [5.41, 5.74) is 4.63. The van der Waals surface area contributed by atoms with E-state index in [0.29, 0.717) is 12.6 Å². The molecule has 0 radical (unpaired) electrons. The first kappa shape index (κ1) is 22.5. The lowest BCUT2D eigenvalue weighted by Gasteiger charge is -2.40. The van der Waals surface area contributed by atoms with Gasteiger partial charge in [0.25, 0.3) is 0 Å². The fourth-order valence-electron chi connectivity index (χ4n) is 4.66. The van der Waals surface area contributed by atoms with Crippen LogP contribution in [0.15, 0.2) is 30.3 Å². The number of hydrogen-bond acceptors (Lipinski definition) is 4. The van der Waals surface area contributed by atoms with E-state index in [9.17, 15) is 4.79 Å². The Balaban J connectivity index is 1.68. The number of benzene rings is 1. The van der Waals surface area contributed by atoms with Gasteiger partial charge in [-0.2, -0.15) is 5.10 Å². The van der Waals surface area contributed by atoms with Crippen molar-refractivity contribution in [3.8, 4) is 0 Å². The molecule has 0 atom stereocenters. The van der Waals surface area contributed by atoms with Crippen LogP contribution in [-0.2, 0) is 22.5 Å². The quantitative estimate of drug-likeness (QED) is 0.582. The Bertz CT molecular complexity index is 834. The Morgan fingerprint density at radius 3 is 2.40 bits per heavy atom. The van der Waals surface area contributed by atoms with E-state index in [1.807, 2.05) is 13.0 Å². The fourth-order valence-corrected chi connectivity index (χ4v) is 4.66. The highest BCUT2D eigenvalue weighted by Gasteiger charge is 2.42. The molecule has 1 aromatic heterocycles. The first-order valence-electron chi connectivity index (χ1n) is 11.3. The van der Waals surface area contributed by atoms with Gasteiger partial charge in [0.05, 0.1) is 17.7 Å². The van der Waals surface area contributed by atoms with Crippen LogP contribution in [0.4, 0.5) is 0 Å². The minimum atomic E-state index is -0.367.